The van der Waals surface area contributed by atoms with Crippen LogP contribution in [0.1, 0.15) is 23.7 Å². The van der Waals surface area contributed by atoms with Gasteiger partial charge in [-0.15, -0.1) is 0 Å². The third-order valence-electron chi connectivity index (χ3n) is 2.86. The summed E-state index contributed by atoms with van der Waals surface area (Å²) in [6, 6.07) is 11.4. The number of pyridine rings is 1. The van der Waals surface area contributed by atoms with E-state index in [1.165, 1.54) is 0 Å². The molecule has 0 aliphatic carbocycles. The molecule has 2 aromatic rings. The highest BCUT2D eigenvalue weighted by Gasteiger charge is 2.08. The molecule has 0 saturated carbocycles. The van der Waals surface area contributed by atoms with Crippen LogP contribution < -0.4 is 0 Å². The third kappa shape index (κ3) is 2.83. The van der Waals surface area contributed by atoms with Crippen molar-refractivity contribution in [1.82, 2.24) is 4.98 Å². The van der Waals surface area contributed by atoms with Crippen LogP contribution in [0, 0.1) is 18.3 Å². The molecule has 0 aliphatic heterocycles. The van der Waals surface area contributed by atoms with Crippen molar-refractivity contribution in [3.8, 4) is 17.2 Å². The molecule has 1 aromatic carbocycles. The maximum Gasteiger partial charge on any atom is 0.137 e. The lowest BCUT2D eigenvalue weighted by Crippen LogP contribution is -1.91. The molecule has 0 fully saturated rings. The second-order valence-electron chi connectivity index (χ2n) is 4.22. The van der Waals surface area contributed by atoms with Gasteiger partial charge in [-0.05, 0) is 49.2 Å². The lowest BCUT2D eigenvalue weighted by atomic mass is 10.0. The first-order valence-electron chi connectivity index (χ1n) is 5.96. The summed E-state index contributed by atoms with van der Waals surface area (Å²) in [6.45, 7) is 3.95. The zero-order valence-electron chi connectivity index (χ0n) is 10.8. The van der Waals surface area contributed by atoms with Crippen molar-refractivity contribution in [2.45, 2.75) is 13.8 Å². The minimum atomic E-state index is 0.475. The van der Waals surface area contributed by atoms with E-state index >= 15 is 0 Å². The molecule has 0 radical (unpaired) electrons. The van der Waals surface area contributed by atoms with Crippen molar-refractivity contribution in [3.05, 3.63) is 58.4 Å². The van der Waals surface area contributed by atoms with E-state index in [-0.39, 0.29) is 0 Å². The van der Waals surface area contributed by atoms with Crippen LogP contribution in [-0.2, 0) is 0 Å². The summed E-state index contributed by atoms with van der Waals surface area (Å²) in [6.07, 6.45) is 3.87. The fourth-order valence-electron chi connectivity index (χ4n) is 1.86. The maximum absolute atomic E-state index is 8.80. The van der Waals surface area contributed by atoms with E-state index in [9.17, 15) is 0 Å². The standard InChI is InChI=1S/C16H13ClN2/c1-3-4-15-11(2)9-14(16(17)19-15)13-7-5-12(10-18)6-8-13/h3-9H,1-2H3/b4-3-. The minimum Gasteiger partial charge on any atom is -0.236 e. The van der Waals surface area contributed by atoms with Gasteiger partial charge in [-0.1, -0.05) is 29.8 Å². The molecule has 19 heavy (non-hydrogen) atoms. The van der Waals surface area contributed by atoms with E-state index in [1.54, 1.807) is 12.1 Å². The van der Waals surface area contributed by atoms with Crippen LogP contribution in [0.15, 0.2) is 36.4 Å². The molecule has 0 amide bonds. The number of nitrogens with zero attached hydrogens (tertiary/aromatic N) is 2. The number of benzene rings is 1. The molecular formula is C16H13ClN2. The summed E-state index contributed by atoms with van der Waals surface area (Å²) in [4.78, 5) is 4.39. The Morgan fingerprint density at radius 3 is 2.53 bits per heavy atom. The van der Waals surface area contributed by atoms with E-state index in [4.69, 9.17) is 16.9 Å². The van der Waals surface area contributed by atoms with E-state index in [0.29, 0.717) is 10.7 Å². The summed E-state index contributed by atoms with van der Waals surface area (Å²) in [5.74, 6) is 0. The lowest BCUT2D eigenvalue weighted by molar-refractivity contribution is 1.24. The average Bonchev–Trinajstić information content (AvgIpc) is 2.43. The molecule has 0 N–H and O–H groups in total. The maximum atomic E-state index is 8.80. The molecule has 0 aliphatic rings. The van der Waals surface area contributed by atoms with Gasteiger partial charge in [0.15, 0.2) is 0 Å². The van der Waals surface area contributed by atoms with Crippen molar-refractivity contribution >= 4 is 17.7 Å². The second kappa shape index (κ2) is 5.69. The smallest absolute Gasteiger partial charge is 0.137 e. The Morgan fingerprint density at radius 2 is 1.95 bits per heavy atom. The first kappa shape index (κ1) is 13.3. The Morgan fingerprint density at radius 1 is 1.26 bits per heavy atom. The number of aromatic nitrogens is 1. The van der Waals surface area contributed by atoms with Crippen LogP contribution in [0.5, 0.6) is 0 Å². The van der Waals surface area contributed by atoms with Crippen molar-refractivity contribution in [2.75, 3.05) is 0 Å². The van der Waals surface area contributed by atoms with Crippen molar-refractivity contribution in [2.24, 2.45) is 0 Å². The molecule has 0 bridgehead atoms. The predicted molar refractivity (Wildman–Crippen MR) is 78.8 cm³/mol. The SMILES string of the molecule is C/C=C\c1nc(Cl)c(-c2ccc(C#N)cc2)cc1C. The molecule has 0 unspecified atom stereocenters. The zero-order chi connectivity index (χ0) is 13.8. The van der Waals surface area contributed by atoms with Crippen molar-refractivity contribution in [1.29, 1.82) is 5.26 Å². The quantitative estimate of drug-likeness (QED) is 0.746. The molecule has 1 aromatic heterocycles. The first-order valence-corrected chi connectivity index (χ1v) is 6.34. The number of nitriles is 1. The monoisotopic (exact) mass is 268 g/mol. The highest BCUT2D eigenvalue weighted by atomic mass is 35.5. The number of rotatable bonds is 2. The lowest BCUT2D eigenvalue weighted by Gasteiger charge is -2.08. The number of aryl methyl sites for hydroxylation is 1. The number of allylic oxidation sites excluding steroid dienone is 1. The topological polar surface area (TPSA) is 36.7 Å². The summed E-state index contributed by atoms with van der Waals surface area (Å²) < 4.78 is 0. The molecular weight excluding hydrogens is 256 g/mol. The van der Waals surface area contributed by atoms with Crippen LogP contribution >= 0.6 is 11.6 Å². The largest absolute Gasteiger partial charge is 0.236 e. The van der Waals surface area contributed by atoms with Gasteiger partial charge in [-0.25, -0.2) is 4.98 Å². The van der Waals surface area contributed by atoms with Gasteiger partial charge < -0.3 is 0 Å². The van der Waals surface area contributed by atoms with E-state index in [2.05, 4.69) is 11.1 Å². The number of hydrogen-bond acceptors (Lipinski definition) is 2. The highest BCUT2D eigenvalue weighted by Crippen LogP contribution is 2.29. The van der Waals surface area contributed by atoms with Gasteiger partial charge in [-0.2, -0.15) is 5.26 Å². The average molecular weight is 269 g/mol. The van der Waals surface area contributed by atoms with Crippen LogP contribution in [0.3, 0.4) is 0 Å². The van der Waals surface area contributed by atoms with Crippen molar-refractivity contribution in [3.63, 3.8) is 0 Å². The Kier molecular flexibility index (Phi) is 3.99. The zero-order valence-corrected chi connectivity index (χ0v) is 11.6. The molecule has 3 heteroatoms. The fraction of sp³-hybridized carbons (Fsp3) is 0.125. The van der Waals surface area contributed by atoms with E-state index < -0.39 is 0 Å². The molecule has 1 heterocycles. The number of halogens is 1. The Bertz CT molecular complexity index is 664. The molecule has 2 nitrogen and oxygen atoms in total. The van der Waals surface area contributed by atoms with Gasteiger partial charge in [0.1, 0.15) is 5.15 Å². The van der Waals surface area contributed by atoms with Gasteiger partial charge in [0.25, 0.3) is 0 Å². The summed E-state index contributed by atoms with van der Waals surface area (Å²) in [7, 11) is 0. The molecule has 2 rings (SSSR count). The molecule has 0 saturated heterocycles. The van der Waals surface area contributed by atoms with Gasteiger partial charge in [0, 0.05) is 5.56 Å². The summed E-state index contributed by atoms with van der Waals surface area (Å²) in [5.41, 5.74) is 4.44. The van der Waals surface area contributed by atoms with E-state index in [0.717, 1.165) is 22.4 Å². The van der Waals surface area contributed by atoms with Crippen LogP contribution in [0.2, 0.25) is 5.15 Å². The highest BCUT2D eigenvalue weighted by molar-refractivity contribution is 6.32. The van der Waals surface area contributed by atoms with Crippen molar-refractivity contribution < 1.29 is 0 Å². The first-order chi connectivity index (χ1) is 9.15. The Hall–Kier alpha value is -2.11. The second-order valence-corrected chi connectivity index (χ2v) is 4.58. The fourth-order valence-corrected chi connectivity index (χ4v) is 2.11. The van der Waals surface area contributed by atoms with Gasteiger partial charge >= 0.3 is 0 Å². The van der Waals surface area contributed by atoms with Crippen LogP contribution in [0.4, 0.5) is 0 Å². The Labute approximate surface area is 118 Å². The number of hydrogen-bond donors (Lipinski definition) is 0. The van der Waals surface area contributed by atoms with Crippen LogP contribution in [0.25, 0.3) is 17.2 Å². The molecule has 0 atom stereocenters. The van der Waals surface area contributed by atoms with Crippen LogP contribution in [-0.4, -0.2) is 4.98 Å². The molecule has 0 spiro atoms. The third-order valence-corrected chi connectivity index (χ3v) is 3.14. The summed E-state index contributed by atoms with van der Waals surface area (Å²) in [5, 5.41) is 9.27. The van der Waals surface area contributed by atoms with E-state index in [1.807, 2.05) is 44.2 Å². The minimum absolute atomic E-state index is 0.475. The Balaban J connectivity index is 2.50. The predicted octanol–water partition coefficient (Wildman–Crippen LogP) is 4.62. The molecule has 94 valence electrons. The van der Waals surface area contributed by atoms with Gasteiger partial charge in [-0.3, -0.25) is 0 Å². The normalized spacial score (nSPS) is 10.6. The van der Waals surface area contributed by atoms with Gasteiger partial charge in [0.05, 0.1) is 17.3 Å². The van der Waals surface area contributed by atoms with Gasteiger partial charge in [0.2, 0.25) is 0 Å². The summed E-state index contributed by atoms with van der Waals surface area (Å²) >= 11 is 6.24.